The lowest BCUT2D eigenvalue weighted by Gasteiger charge is -2.12. The van der Waals surface area contributed by atoms with Crippen molar-refractivity contribution in [1.29, 1.82) is 0 Å². The van der Waals surface area contributed by atoms with E-state index in [2.05, 4.69) is 9.44 Å². The van der Waals surface area contributed by atoms with Crippen LogP contribution < -0.4 is 15.2 Å². The van der Waals surface area contributed by atoms with Gasteiger partial charge in [-0.2, -0.15) is 0 Å². The number of nitrogens with two attached hydrogens (primary N) is 1. The Hall–Kier alpha value is -0.870. The topological polar surface area (TPSA) is 118 Å². The zero-order valence-electron chi connectivity index (χ0n) is 11.7. The summed E-state index contributed by atoms with van der Waals surface area (Å²) in [5.41, 5.74) is 6.29. The molecule has 0 aliphatic rings. The molecule has 0 aliphatic carbocycles. The van der Waals surface area contributed by atoms with Crippen LogP contribution in [-0.4, -0.2) is 35.7 Å². The fraction of sp³-hybridized carbons (Fsp3) is 0.455. The van der Waals surface area contributed by atoms with Gasteiger partial charge in [0, 0.05) is 23.8 Å². The van der Waals surface area contributed by atoms with E-state index in [-0.39, 0.29) is 34.4 Å². The van der Waals surface area contributed by atoms with E-state index in [1.54, 1.807) is 13.8 Å². The SMILES string of the molecule is CCNS(=O)(=O)CCNS(=O)(=O)c1cc(Cl)cc(N)c1C. The number of nitrogens with one attached hydrogen (secondary N) is 2. The van der Waals surface area contributed by atoms with Crippen molar-refractivity contribution in [1.82, 2.24) is 9.44 Å². The lowest BCUT2D eigenvalue weighted by atomic mass is 10.2. The van der Waals surface area contributed by atoms with Crippen LogP contribution in [0.15, 0.2) is 17.0 Å². The minimum absolute atomic E-state index is 0.0617. The summed E-state index contributed by atoms with van der Waals surface area (Å²) in [7, 11) is -7.37. The first kappa shape index (κ1) is 18.2. The highest BCUT2D eigenvalue weighted by Gasteiger charge is 2.20. The third-order valence-electron chi connectivity index (χ3n) is 2.68. The number of halogens is 1. The van der Waals surface area contributed by atoms with Crippen molar-refractivity contribution < 1.29 is 16.8 Å². The normalized spacial score (nSPS) is 12.5. The van der Waals surface area contributed by atoms with Crippen LogP contribution in [0, 0.1) is 6.92 Å². The predicted molar refractivity (Wildman–Crippen MR) is 83.3 cm³/mol. The lowest BCUT2D eigenvalue weighted by molar-refractivity contribution is 0.576. The Morgan fingerprint density at radius 2 is 1.81 bits per heavy atom. The third kappa shape index (κ3) is 5.11. The van der Waals surface area contributed by atoms with Crippen molar-refractivity contribution in [2.45, 2.75) is 18.7 Å². The van der Waals surface area contributed by atoms with Gasteiger partial charge in [-0.1, -0.05) is 18.5 Å². The van der Waals surface area contributed by atoms with E-state index < -0.39 is 20.0 Å². The van der Waals surface area contributed by atoms with E-state index in [9.17, 15) is 16.8 Å². The van der Waals surface area contributed by atoms with Gasteiger partial charge in [-0.15, -0.1) is 0 Å². The van der Waals surface area contributed by atoms with E-state index >= 15 is 0 Å². The molecule has 0 atom stereocenters. The van der Waals surface area contributed by atoms with Gasteiger partial charge in [0.25, 0.3) is 0 Å². The summed E-state index contributed by atoms with van der Waals surface area (Å²) in [5.74, 6) is -0.352. The van der Waals surface area contributed by atoms with Gasteiger partial charge in [-0.3, -0.25) is 0 Å². The smallest absolute Gasteiger partial charge is 0.240 e. The highest BCUT2D eigenvalue weighted by molar-refractivity contribution is 7.90. The average Bonchev–Trinajstić information content (AvgIpc) is 2.32. The van der Waals surface area contributed by atoms with Gasteiger partial charge in [0.05, 0.1) is 10.6 Å². The van der Waals surface area contributed by atoms with E-state index in [0.29, 0.717) is 5.56 Å². The van der Waals surface area contributed by atoms with Crippen molar-refractivity contribution in [3.8, 4) is 0 Å². The molecule has 1 rings (SSSR count). The molecule has 0 heterocycles. The summed E-state index contributed by atoms with van der Waals surface area (Å²) >= 11 is 5.80. The zero-order valence-corrected chi connectivity index (χ0v) is 14.1. The molecule has 0 saturated carbocycles. The third-order valence-corrected chi connectivity index (χ3v) is 5.96. The number of nitrogen functional groups attached to an aromatic ring is 1. The summed E-state index contributed by atoms with van der Waals surface area (Å²) in [6, 6.07) is 2.72. The first-order valence-electron chi connectivity index (χ1n) is 6.11. The van der Waals surface area contributed by atoms with Crippen LogP contribution in [0.5, 0.6) is 0 Å². The Bertz CT molecular complexity index is 717. The number of anilines is 1. The number of hydrogen-bond acceptors (Lipinski definition) is 5. The molecule has 1 aromatic carbocycles. The summed E-state index contributed by atoms with van der Waals surface area (Å²) in [4.78, 5) is -0.0617. The van der Waals surface area contributed by atoms with Crippen LogP contribution in [0.4, 0.5) is 5.69 Å². The standard InChI is InChI=1S/C11H18ClN3O4S2/c1-3-14-20(16,17)5-4-15-21(18,19)11-7-9(12)6-10(13)8(11)2/h6-7,14-15H,3-5,13H2,1-2H3. The molecule has 0 amide bonds. The Morgan fingerprint density at radius 3 is 2.38 bits per heavy atom. The van der Waals surface area contributed by atoms with Gasteiger partial charge in [-0.25, -0.2) is 26.3 Å². The lowest BCUT2D eigenvalue weighted by Crippen LogP contribution is -2.34. The first-order valence-corrected chi connectivity index (χ1v) is 9.63. The molecule has 0 aromatic heterocycles. The summed E-state index contributed by atoms with van der Waals surface area (Å²) in [6.07, 6.45) is 0. The van der Waals surface area contributed by atoms with E-state index in [1.165, 1.54) is 12.1 Å². The average molecular weight is 356 g/mol. The summed E-state index contributed by atoms with van der Waals surface area (Å²) in [6.45, 7) is 3.19. The Labute approximate surface area is 130 Å². The Balaban J connectivity index is 2.89. The van der Waals surface area contributed by atoms with E-state index in [4.69, 9.17) is 17.3 Å². The van der Waals surface area contributed by atoms with Crippen molar-refractivity contribution >= 4 is 37.3 Å². The van der Waals surface area contributed by atoms with E-state index in [1.807, 2.05) is 0 Å². The molecule has 10 heteroatoms. The van der Waals surface area contributed by atoms with Gasteiger partial charge < -0.3 is 5.73 Å². The molecule has 0 aliphatic heterocycles. The molecule has 21 heavy (non-hydrogen) atoms. The Kier molecular flexibility index (Phi) is 6.00. The van der Waals surface area contributed by atoms with Gasteiger partial charge in [0.15, 0.2) is 0 Å². The molecule has 0 spiro atoms. The quantitative estimate of drug-likeness (QED) is 0.613. The first-order chi connectivity index (χ1) is 9.59. The molecule has 0 bridgehead atoms. The van der Waals surface area contributed by atoms with Crippen molar-refractivity contribution in [3.63, 3.8) is 0 Å². The van der Waals surface area contributed by atoms with Crippen molar-refractivity contribution in [2.75, 3.05) is 24.6 Å². The second kappa shape index (κ2) is 6.93. The van der Waals surface area contributed by atoms with Crippen LogP contribution in [0.25, 0.3) is 0 Å². The molecular formula is C11H18ClN3O4S2. The highest BCUT2D eigenvalue weighted by atomic mass is 35.5. The van der Waals surface area contributed by atoms with Crippen LogP contribution >= 0.6 is 11.6 Å². The summed E-state index contributed by atoms with van der Waals surface area (Å²) in [5, 5.41) is 0.193. The van der Waals surface area contributed by atoms with E-state index in [0.717, 1.165) is 0 Å². The molecule has 0 unspecified atom stereocenters. The maximum atomic E-state index is 12.2. The fourth-order valence-corrected chi connectivity index (χ4v) is 4.34. The molecule has 0 fully saturated rings. The maximum absolute atomic E-state index is 12.2. The number of hydrogen-bond donors (Lipinski definition) is 3. The van der Waals surface area contributed by atoms with Crippen LogP contribution in [0.3, 0.4) is 0 Å². The Morgan fingerprint density at radius 1 is 1.19 bits per heavy atom. The number of benzene rings is 1. The van der Waals surface area contributed by atoms with Crippen molar-refractivity contribution in [2.24, 2.45) is 0 Å². The molecular weight excluding hydrogens is 338 g/mol. The molecule has 120 valence electrons. The van der Waals surface area contributed by atoms with Crippen LogP contribution in [-0.2, 0) is 20.0 Å². The monoisotopic (exact) mass is 355 g/mol. The second-order valence-electron chi connectivity index (χ2n) is 4.33. The molecule has 1 aromatic rings. The largest absolute Gasteiger partial charge is 0.398 e. The molecule has 7 nitrogen and oxygen atoms in total. The fourth-order valence-electron chi connectivity index (χ4n) is 1.63. The zero-order chi connectivity index (χ0) is 16.3. The van der Waals surface area contributed by atoms with Crippen LogP contribution in [0.2, 0.25) is 5.02 Å². The molecule has 0 radical (unpaired) electrons. The van der Waals surface area contributed by atoms with Gasteiger partial charge in [-0.05, 0) is 24.6 Å². The van der Waals surface area contributed by atoms with Crippen LogP contribution in [0.1, 0.15) is 12.5 Å². The number of sulfonamides is 2. The van der Waals surface area contributed by atoms with Gasteiger partial charge in [0.1, 0.15) is 0 Å². The molecule has 0 saturated heterocycles. The van der Waals surface area contributed by atoms with Gasteiger partial charge in [0.2, 0.25) is 20.0 Å². The van der Waals surface area contributed by atoms with Gasteiger partial charge >= 0.3 is 0 Å². The minimum Gasteiger partial charge on any atom is -0.398 e. The second-order valence-corrected chi connectivity index (χ2v) is 8.43. The highest BCUT2D eigenvalue weighted by Crippen LogP contribution is 2.25. The summed E-state index contributed by atoms with van der Waals surface area (Å²) < 4.78 is 51.7. The predicted octanol–water partition coefficient (Wildman–Crippen LogP) is 0.448. The maximum Gasteiger partial charge on any atom is 0.240 e. The molecule has 4 N–H and O–H groups in total. The number of rotatable bonds is 7. The minimum atomic E-state index is -3.88. The van der Waals surface area contributed by atoms with Crippen molar-refractivity contribution in [3.05, 3.63) is 22.7 Å².